The highest BCUT2D eigenvalue weighted by atomic mass is 32.2. The molecule has 0 atom stereocenters. The van der Waals surface area contributed by atoms with E-state index in [4.69, 9.17) is 5.84 Å². The second kappa shape index (κ2) is 6.34. The molecule has 1 aliphatic rings. The lowest BCUT2D eigenvalue weighted by Gasteiger charge is -2.08. The Hall–Kier alpha value is -2.23. The molecule has 6 nitrogen and oxygen atoms in total. The van der Waals surface area contributed by atoms with Gasteiger partial charge in [-0.1, -0.05) is 17.8 Å². The quantitative estimate of drug-likeness (QED) is 0.647. The van der Waals surface area contributed by atoms with Gasteiger partial charge in [0.25, 0.3) is 5.82 Å². The number of benzene rings is 1. The molecule has 24 heavy (non-hydrogen) atoms. The zero-order chi connectivity index (χ0) is 17.3. The average molecular weight is 357 g/mol. The summed E-state index contributed by atoms with van der Waals surface area (Å²) in [4.78, 5) is 11.9. The molecule has 0 spiro atoms. The fraction of sp³-hybridized carbons (Fsp3) is 0.357. The first-order valence-electron chi connectivity index (χ1n) is 7.17. The third-order valence-electron chi connectivity index (χ3n) is 3.63. The van der Waals surface area contributed by atoms with Crippen molar-refractivity contribution >= 4 is 23.4 Å². The van der Waals surface area contributed by atoms with E-state index < -0.39 is 12.0 Å². The van der Waals surface area contributed by atoms with Gasteiger partial charge in [0.1, 0.15) is 0 Å². The van der Waals surface area contributed by atoms with Crippen LogP contribution in [0.25, 0.3) is 0 Å². The number of aryl methyl sites for hydroxylation is 2. The lowest BCUT2D eigenvalue weighted by molar-refractivity contribution is -0.146. The van der Waals surface area contributed by atoms with Crippen molar-refractivity contribution in [2.45, 2.75) is 30.6 Å². The topological polar surface area (TPSA) is 85.8 Å². The van der Waals surface area contributed by atoms with Gasteiger partial charge in [-0.25, -0.2) is 4.68 Å². The molecule has 1 aliphatic carbocycles. The van der Waals surface area contributed by atoms with Gasteiger partial charge in [0.05, 0.1) is 5.75 Å². The lowest BCUT2D eigenvalue weighted by Crippen LogP contribution is -2.22. The Kier molecular flexibility index (Phi) is 4.39. The van der Waals surface area contributed by atoms with Crippen LogP contribution in [0.5, 0.6) is 0 Å². The van der Waals surface area contributed by atoms with Crippen LogP contribution >= 0.6 is 11.8 Å². The molecule has 0 saturated heterocycles. The van der Waals surface area contributed by atoms with Crippen LogP contribution in [0, 0.1) is 0 Å². The summed E-state index contributed by atoms with van der Waals surface area (Å²) in [5.74, 6) is 3.53. The number of hydrogen-bond acceptors (Lipinski definition) is 5. The molecule has 1 aromatic carbocycles. The van der Waals surface area contributed by atoms with Gasteiger partial charge in [0.2, 0.25) is 11.1 Å². The van der Waals surface area contributed by atoms with E-state index in [1.165, 1.54) is 11.1 Å². The number of rotatable bonds is 4. The minimum atomic E-state index is -4.69. The number of hydrogen-bond donors (Lipinski definition) is 2. The molecule has 3 rings (SSSR count). The van der Waals surface area contributed by atoms with Crippen molar-refractivity contribution in [3.63, 3.8) is 0 Å². The maximum atomic E-state index is 12.6. The van der Waals surface area contributed by atoms with Crippen LogP contribution in [0.4, 0.5) is 18.9 Å². The fourth-order valence-electron chi connectivity index (χ4n) is 2.55. The van der Waals surface area contributed by atoms with Gasteiger partial charge in [-0.3, -0.25) is 4.79 Å². The SMILES string of the molecule is Nn1c(SCC(=O)Nc2ccc3c(c2)CCC3)nnc1C(F)(F)F. The van der Waals surface area contributed by atoms with Crippen LogP contribution in [-0.4, -0.2) is 26.5 Å². The van der Waals surface area contributed by atoms with E-state index in [9.17, 15) is 18.0 Å². The summed E-state index contributed by atoms with van der Waals surface area (Å²) in [6.07, 6.45) is -1.54. The molecule has 0 saturated carbocycles. The van der Waals surface area contributed by atoms with Gasteiger partial charge in [-0.2, -0.15) is 13.2 Å². The van der Waals surface area contributed by atoms with E-state index >= 15 is 0 Å². The first-order chi connectivity index (χ1) is 11.3. The van der Waals surface area contributed by atoms with Crippen LogP contribution in [0.2, 0.25) is 0 Å². The van der Waals surface area contributed by atoms with Crippen molar-refractivity contribution in [1.82, 2.24) is 14.9 Å². The zero-order valence-electron chi connectivity index (χ0n) is 12.4. The largest absolute Gasteiger partial charge is 0.453 e. The highest BCUT2D eigenvalue weighted by Crippen LogP contribution is 2.29. The Bertz CT molecular complexity index is 774. The second-order valence-corrected chi connectivity index (χ2v) is 6.29. The molecule has 1 heterocycles. The second-order valence-electron chi connectivity index (χ2n) is 5.35. The molecule has 0 radical (unpaired) electrons. The summed E-state index contributed by atoms with van der Waals surface area (Å²) in [6, 6.07) is 5.73. The number of aromatic nitrogens is 3. The zero-order valence-corrected chi connectivity index (χ0v) is 13.2. The molecule has 0 unspecified atom stereocenters. The summed E-state index contributed by atoms with van der Waals surface area (Å²) >= 11 is 0.789. The number of nitrogens with one attached hydrogen (secondary N) is 1. The molecule has 0 fully saturated rings. The predicted octanol–water partition coefficient (Wildman–Crippen LogP) is 2.23. The summed E-state index contributed by atoms with van der Waals surface area (Å²) in [5, 5.41) is 8.90. The van der Waals surface area contributed by atoms with Gasteiger partial charge in [-0.05, 0) is 42.5 Å². The third-order valence-corrected chi connectivity index (χ3v) is 4.58. The number of carbonyl (C=O) groups is 1. The number of fused-ring (bicyclic) bond motifs is 1. The molecule has 10 heteroatoms. The molecule has 0 bridgehead atoms. The number of nitrogens with zero attached hydrogens (tertiary/aromatic N) is 3. The fourth-order valence-corrected chi connectivity index (χ4v) is 3.20. The van der Waals surface area contributed by atoms with Crippen LogP contribution in [-0.2, 0) is 23.8 Å². The van der Waals surface area contributed by atoms with E-state index in [2.05, 4.69) is 15.5 Å². The molecule has 1 aromatic heterocycles. The van der Waals surface area contributed by atoms with Crippen molar-refractivity contribution in [3.8, 4) is 0 Å². The Morgan fingerprint density at radius 3 is 2.75 bits per heavy atom. The summed E-state index contributed by atoms with van der Waals surface area (Å²) in [6.45, 7) is 0. The summed E-state index contributed by atoms with van der Waals surface area (Å²) < 4.78 is 38.0. The van der Waals surface area contributed by atoms with Crippen molar-refractivity contribution in [3.05, 3.63) is 35.2 Å². The number of anilines is 1. The lowest BCUT2D eigenvalue weighted by atomic mass is 10.1. The maximum Gasteiger partial charge on any atom is 0.453 e. The summed E-state index contributed by atoms with van der Waals surface area (Å²) in [5.41, 5.74) is 3.18. The van der Waals surface area contributed by atoms with Crippen molar-refractivity contribution in [1.29, 1.82) is 0 Å². The third kappa shape index (κ3) is 3.48. The number of nitrogens with two attached hydrogens (primary N) is 1. The minimum absolute atomic E-state index is 0.121. The molecule has 3 N–H and O–H groups in total. The molecular weight excluding hydrogens is 343 g/mol. The van der Waals surface area contributed by atoms with Crippen LogP contribution in [0.1, 0.15) is 23.4 Å². The van der Waals surface area contributed by atoms with Crippen LogP contribution in [0.3, 0.4) is 0 Å². The van der Waals surface area contributed by atoms with Gasteiger partial charge in [-0.15, -0.1) is 10.2 Å². The predicted molar refractivity (Wildman–Crippen MR) is 83.0 cm³/mol. The van der Waals surface area contributed by atoms with E-state index in [0.29, 0.717) is 10.4 Å². The number of nitrogen functional groups attached to an aromatic ring is 1. The molecular formula is C14H14F3N5OS. The number of thioether (sulfide) groups is 1. The van der Waals surface area contributed by atoms with Crippen LogP contribution < -0.4 is 11.2 Å². The van der Waals surface area contributed by atoms with E-state index in [-0.39, 0.29) is 16.8 Å². The van der Waals surface area contributed by atoms with Gasteiger partial charge in [0.15, 0.2) is 0 Å². The Morgan fingerprint density at radius 2 is 2.04 bits per heavy atom. The standard InChI is InChI=1S/C14H14F3N5OS/c15-14(16,17)12-20-21-13(22(12)18)24-7-11(23)19-10-5-4-8-2-1-3-9(8)6-10/h4-6H,1-3,7,18H2,(H,19,23). The maximum absolute atomic E-state index is 12.6. The summed E-state index contributed by atoms with van der Waals surface area (Å²) in [7, 11) is 0. The van der Waals surface area contributed by atoms with Gasteiger partial charge in [0, 0.05) is 5.69 Å². The Morgan fingerprint density at radius 1 is 1.29 bits per heavy atom. The molecule has 0 aliphatic heterocycles. The minimum Gasteiger partial charge on any atom is -0.335 e. The average Bonchev–Trinajstić information content (AvgIpc) is 3.10. The van der Waals surface area contributed by atoms with Crippen molar-refractivity contribution in [2.75, 3.05) is 16.9 Å². The van der Waals surface area contributed by atoms with E-state index in [1.807, 2.05) is 18.2 Å². The Balaban J connectivity index is 1.59. The first-order valence-corrected chi connectivity index (χ1v) is 8.15. The first kappa shape index (κ1) is 16.6. The normalized spacial score (nSPS) is 13.8. The monoisotopic (exact) mass is 357 g/mol. The highest BCUT2D eigenvalue weighted by Gasteiger charge is 2.38. The highest BCUT2D eigenvalue weighted by molar-refractivity contribution is 7.99. The number of amides is 1. The van der Waals surface area contributed by atoms with Crippen LogP contribution in [0.15, 0.2) is 23.4 Å². The molecule has 128 valence electrons. The number of carbonyl (C=O) groups excluding carboxylic acids is 1. The molecule has 1 amide bonds. The van der Waals surface area contributed by atoms with E-state index in [0.717, 1.165) is 31.0 Å². The number of alkyl halides is 3. The number of halogens is 3. The van der Waals surface area contributed by atoms with Gasteiger partial charge < -0.3 is 11.2 Å². The molecule has 2 aromatic rings. The van der Waals surface area contributed by atoms with Crippen molar-refractivity contribution < 1.29 is 18.0 Å². The van der Waals surface area contributed by atoms with E-state index in [1.54, 1.807) is 0 Å². The smallest absolute Gasteiger partial charge is 0.335 e. The van der Waals surface area contributed by atoms with Gasteiger partial charge >= 0.3 is 6.18 Å². The van der Waals surface area contributed by atoms with Crippen molar-refractivity contribution in [2.24, 2.45) is 0 Å². The Labute approximate surface area is 139 Å².